The van der Waals surface area contributed by atoms with E-state index >= 15 is 0 Å². The smallest absolute Gasteiger partial charge is 0.375 e. The van der Waals surface area contributed by atoms with Gasteiger partial charge in [0.25, 0.3) is 5.91 Å². The molecule has 1 aromatic heterocycles. The van der Waals surface area contributed by atoms with E-state index in [9.17, 15) is 22.8 Å². The van der Waals surface area contributed by atoms with Crippen molar-refractivity contribution in [1.82, 2.24) is 25.1 Å². The number of rotatable bonds is 9. The second kappa shape index (κ2) is 12.9. The summed E-state index contributed by atoms with van der Waals surface area (Å²) in [6.07, 6.45) is 0.272. The summed E-state index contributed by atoms with van der Waals surface area (Å²) in [6, 6.07) is 6.70. The molecule has 40 heavy (non-hydrogen) atoms. The molecule has 0 unspecified atom stereocenters. The van der Waals surface area contributed by atoms with Gasteiger partial charge in [0.1, 0.15) is 6.61 Å². The van der Waals surface area contributed by atoms with E-state index in [2.05, 4.69) is 32.5 Å². The van der Waals surface area contributed by atoms with Crippen molar-refractivity contribution >= 4 is 23.5 Å². The zero-order valence-corrected chi connectivity index (χ0v) is 23.1. The van der Waals surface area contributed by atoms with Gasteiger partial charge in [-0.05, 0) is 82.4 Å². The Kier molecular flexibility index (Phi) is 9.62. The Morgan fingerprint density at radius 3 is 2.48 bits per heavy atom. The van der Waals surface area contributed by atoms with E-state index in [1.54, 1.807) is 29.2 Å². The molecule has 0 bridgehead atoms. The Morgan fingerprint density at radius 2 is 1.82 bits per heavy atom. The highest BCUT2D eigenvalue weighted by Crippen LogP contribution is 2.35. The Labute approximate surface area is 232 Å². The third-order valence-electron chi connectivity index (χ3n) is 7.85. The van der Waals surface area contributed by atoms with Crippen LogP contribution in [0.2, 0.25) is 0 Å². The van der Waals surface area contributed by atoms with Gasteiger partial charge < -0.3 is 25.2 Å². The average Bonchev–Trinajstić information content (AvgIpc) is 3.34. The van der Waals surface area contributed by atoms with Gasteiger partial charge in [-0.2, -0.15) is 13.2 Å². The first-order valence-electron chi connectivity index (χ1n) is 13.6. The average molecular weight is 563 g/mol. The maximum atomic E-state index is 13.8. The summed E-state index contributed by atoms with van der Waals surface area (Å²) >= 11 is 0. The molecular formula is C28H37F3N6O3. The van der Waals surface area contributed by atoms with E-state index < -0.39 is 11.7 Å². The lowest BCUT2D eigenvalue weighted by molar-refractivity contribution is -0.138. The number of aromatic nitrogens is 2. The van der Waals surface area contributed by atoms with E-state index in [0.717, 1.165) is 38.5 Å². The number of nitrogens with one attached hydrogen (secondary N) is 2. The Morgan fingerprint density at radius 1 is 1.12 bits per heavy atom. The number of hydrogen-bond acceptors (Lipinski definition) is 7. The number of hydrogen-bond donors (Lipinski definition) is 2. The number of halogens is 3. The lowest BCUT2D eigenvalue weighted by Crippen LogP contribution is -2.44. The van der Waals surface area contributed by atoms with Gasteiger partial charge in [0, 0.05) is 43.7 Å². The second-order valence-electron chi connectivity index (χ2n) is 10.7. The van der Waals surface area contributed by atoms with Crippen LogP contribution in [0.5, 0.6) is 0 Å². The Bertz CT molecular complexity index is 1170. The van der Waals surface area contributed by atoms with Crippen molar-refractivity contribution in [1.29, 1.82) is 0 Å². The van der Waals surface area contributed by atoms with Gasteiger partial charge in [0.05, 0.1) is 11.3 Å². The summed E-state index contributed by atoms with van der Waals surface area (Å²) in [4.78, 5) is 37.2. The topological polar surface area (TPSA) is 99.7 Å². The summed E-state index contributed by atoms with van der Waals surface area (Å²) < 4.78 is 46.3. The third-order valence-corrected chi connectivity index (χ3v) is 7.85. The minimum Gasteiger partial charge on any atom is -0.375 e. The van der Waals surface area contributed by atoms with Gasteiger partial charge in [-0.15, -0.1) is 0 Å². The molecule has 2 aromatic rings. The van der Waals surface area contributed by atoms with Gasteiger partial charge in [-0.25, -0.2) is 9.97 Å². The number of piperidine rings is 1. The van der Waals surface area contributed by atoms with E-state index in [1.165, 1.54) is 7.11 Å². The second-order valence-corrected chi connectivity index (χ2v) is 10.7. The van der Waals surface area contributed by atoms with Crippen LogP contribution in [0.15, 0.2) is 30.5 Å². The Balaban J connectivity index is 1.45. The van der Waals surface area contributed by atoms with Crippen molar-refractivity contribution in [2.75, 3.05) is 46.2 Å². The zero-order valence-electron chi connectivity index (χ0n) is 23.1. The molecule has 2 N–H and O–H groups in total. The number of alkyl halides is 3. The van der Waals surface area contributed by atoms with Crippen molar-refractivity contribution in [3.63, 3.8) is 0 Å². The first kappa shape index (κ1) is 29.7. The molecule has 2 amide bonds. The largest absolute Gasteiger partial charge is 0.419 e. The van der Waals surface area contributed by atoms with Crippen LogP contribution in [0.3, 0.4) is 0 Å². The number of benzene rings is 1. The fourth-order valence-electron chi connectivity index (χ4n) is 5.55. The number of anilines is 2. The molecule has 0 spiro atoms. The third kappa shape index (κ3) is 7.48. The van der Waals surface area contributed by atoms with Crippen LogP contribution in [0.1, 0.15) is 53.7 Å². The quantitative estimate of drug-likeness (QED) is 0.479. The van der Waals surface area contributed by atoms with E-state index in [-0.39, 0.29) is 54.5 Å². The molecule has 2 atom stereocenters. The number of amides is 2. The molecule has 1 saturated carbocycles. The summed E-state index contributed by atoms with van der Waals surface area (Å²) in [5.74, 6) is -0.516. The van der Waals surface area contributed by atoms with Crippen LogP contribution in [-0.2, 0) is 22.1 Å². The highest BCUT2D eigenvalue weighted by Gasteiger charge is 2.37. The van der Waals surface area contributed by atoms with Gasteiger partial charge in [0.2, 0.25) is 11.9 Å². The molecule has 4 rings (SSSR count). The zero-order chi connectivity index (χ0) is 28.9. The number of carbonyl (C=O) groups is 2. The van der Waals surface area contributed by atoms with Crippen molar-refractivity contribution in [3.8, 4) is 0 Å². The van der Waals surface area contributed by atoms with Crippen LogP contribution < -0.4 is 10.6 Å². The van der Waals surface area contributed by atoms with Crippen molar-refractivity contribution < 1.29 is 27.5 Å². The SMILES string of the molecule is COCC(=O)N[C@H]1CCC[C@H]1Cc1nc(Nc2ccc(C(=O)N(C)C3CCN(C)CC3)cc2)ncc1C(F)(F)F. The lowest BCUT2D eigenvalue weighted by atomic mass is 9.95. The summed E-state index contributed by atoms with van der Waals surface area (Å²) in [7, 11) is 5.30. The fourth-order valence-corrected chi connectivity index (χ4v) is 5.55. The summed E-state index contributed by atoms with van der Waals surface area (Å²) in [6.45, 7) is 1.80. The van der Waals surface area contributed by atoms with Gasteiger partial charge in [-0.3, -0.25) is 9.59 Å². The number of nitrogens with zero attached hydrogens (tertiary/aromatic N) is 4. The number of methoxy groups -OCH3 is 1. The Hall–Kier alpha value is -3.25. The molecule has 0 radical (unpaired) electrons. The van der Waals surface area contributed by atoms with Gasteiger partial charge in [0.15, 0.2) is 0 Å². The lowest BCUT2D eigenvalue weighted by Gasteiger charge is -2.35. The van der Waals surface area contributed by atoms with Crippen LogP contribution in [0.4, 0.5) is 24.8 Å². The van der Waals surface area contributed by atoms with Crippen LogP contribution in [0, 0.1) is 5.92 Å². The van der Waals surface area contributed by atoms with Crippen LogP contribution >= 0.6 is 0 Å². The van der Waals surface area contributed by atoms with Crippen molar-refractivity contribution in [3.05, 3.63) is 47.3 Å². The molecule has 9 nitrogen and oxygen atoms in total. The number of carbonyl (C=O) groups excluding carboxylic acids is 2. The monoisotopic (exact) mass is 562 g/mol. The van der Waals surface area contributed by atoms with E-state index in [0.29, 0.717) is 24.1 Å². The van der Waals surface area contributed by atoms with Crippen LogP contribution in [0.25, 0.3) is 0 Å². The molecule has 12 heteroatoms. The number of ether oxygens (including phenoxy) is 1. The highest BCUT2D eigenvalue weighted by atomic mass is 19.4. The first-order chi connectivity index (χ1) is 19.0. The minimum atomic E-state index is -4.61. The minimum absolute atomic E-state index is 0.0310. The summed E-state index contributed by atoms with van der Waals surface area (Å²) in [5, 5.41) is 5.84. The molecule has 2 heterocycles. The van der Waals surface area contributed by atoms with Crippen molar-refractivity contribution in [2.24, 2.45) is 5.92 Å². The highest BCUT2D eigenvalue weighted by molar-refractivity contribution is 5.94. The number of likely N-dealkylation sites (tertiary alicyclic amines) is 1. The fraction of sp³-hybridized carbons (Fsp3) is 0.571. The van der Waals surface area contributed by atoms with Gasteiger partial charge in [-0.1, -0.05) is 6.42 Å². The van der Waals surface area contributed by atoms with E-state index in [1.807, 2.05) is 7.05 Å². The molecule has 1 saturated heterocycles. The first-order valence-corrected chi connectivity index (χ1v) is 13.6. The maximum absolute atomic E-state index is 13.8. The predicted octanol–water partition coefficient (Wildman–Crippen LogP) is 3.88. The van der Waals surface area contributed by atoms with Gasteiger partial charge >= 0.3 is 6.18 Å². The molecular weight excluding hydrogens is 525 g/mol. The summed E-state index contributed by atoms with van der Waals surface area (Å²) in [5.41, 5.74) is 0.0813. The molecule has 2 fully saturated rings. The normalized spacial score (nSPS) is 20.4. The molecule has 1 aliphatic carbocycles. The predicted molar refractivity (Wildman–Crippen MR) is 144 cm³/mol. The molecule has 1 aliphatic heterocycles. The molecule has 1 aromatic carbocycles. The van der Waals surface area contributed by atoms with Crippen molar-refractivity contribution in [2.45, 2.75) is 56.8 Å². The molecule has 2 aliphatic rings. The standard InChI is InChI=1S/C28H37F3N6O3/c1-36-13-11-21(12-14-36)37(2)26(39)18-7-9-20(10-8-18)33-27-32-16-22(28(29,30)31)24(35-27)15-19-5-4-6-23(19)34-25(38)17-40-3/h7-10,16,19,21,23H,4-6,11-15,17H2,1-3H3,(H,34,38)(H,32,33,35)/t19-,23-/m0/s1. The molecule has 218 valence electrons. The maximum Gasteiger partial charge on any atom is 0.419 e. The van der Waals surface area contributed by atoms with Crippen LogP contribution in [-0.4, -0.2) is 84.6 Å². The van der Waals surface area contributed by atoms with E-state index in [4.69, 9.17) is 4.74 Å².